The highest BCUT2D eigenvalue weighted by molar-refractivity contribution is 7.89. The maximum atomic E-state index is 12.8. The van der Waals surface area contributed by atoms with Crippen LogP contribution in [0.25, 0.3) is 6.08 Å². The van der Waals surface area contributed by atoms with Gasteiger partial charge in [0, 0.05) is 13.2 Å². The zero-order valence-corrected chi connectivity index (χ0v) is 22.6. The Balaban J connectivity index is 1.57. The van der Waals surface area contributed by atoms with Crippen molar-refractivity contribution < 1.29 is 22.7 Å². The molecule has 2 aromatic carbocycles. The van der Waals surface area contributed by atoms with Crippen molar-refractivity contribution in [3.8, 4) is 5.75 Å². The molecule has 1 atom stereocenters. The van der Waals surface area contributed by atoms with Crippen LogP contribution in [0.15, 0.2) is 78.1 Å². The summed E-state index contributed by atoms with van der Waals surface area (Å²) in [7, 11) is -1.95. The molecule has 3 rings (SSSR count). The number of hydrogen-bond donors (Lipinski definition) is 1. The third-order valence-corrected chi connectivity index (χ3v) is 6.70. The number of aromatic nitrogens is 2. The summed E-state index contributed by atoms with van der Waals surface area (Å²) in [6.45, 7) is 5.81. The van der Waals surface area contributed by atoms with Crippen molar-refractivity contribution in [2.75, 3.05) is 6.61 Å². The van der Waals surface area contributed by atoms with Crippen LogP contribution in [0.5, 0.6) is 5.75 Å². The van der Waals surface area contributed by atoms with E-state index in [0.29, 0.717) is 6.61 Å². The summed E-state index contributed by atoms with van der Waals surface area (Å²) in [5.74, 6) is 0.131. The smallest absolute Gasteiger partial charge is 0.325 e. The number of benzene rings is 2. The lowest BCUT2D eigenvalue weighted by Crippen LogP contribution is -2.43. The number of rotatable bonds is 12. The summed E-state index contributed by atoms with van der Waals surface area (Å²) < 4.78 is 41.3. The van der Waals surface area contributed by atoms with Gasteiger partial charge in [0.05, 0.1) is 23.5 Å². The van der Waals surface area contributed by atoms with E-state index >= 15 is 0 Å². The fourth-order valence-electron chi connectivity index (χ4n) is 3.48. The third kappa shape index (κ3) is 9.51. The van der Waals surface area contributed by atoms with Gasteiger partial charge in [-0.15, -0.1) is 0 Å². The molecule has 0 fully saturated rings. The van der Waals surface area contributed by atoms with Crippen molar-refractivity contribution in [2.45, 2.75) is 56.6 Å². The summed E-state index contributed by atoms with van der Waals surface area (Å²) in [6.07, 6.45) is 9.23. The molecule has 0 bridgehead atoms. The highest BCUT2D eigenvalue weighted by Crippen LogP contribution is 2.17. The minimum absolute atomic E-state index is 0.0863. The Morgan fingerprint density at radius 3 is 2.43 bits per heavy atom. The van der Waals surface area contributed by atoms with E-state index in [-0.39, 0.29) is 11.3 Å². The minimum atomic E-state index is -3.89. The predicted octanol–water partition coefficient (Wildman–Crippen LogP) is 4.52. The van der Waals surface area contributed by atoms with E-state index in [1.54, 1.807) is 51.4 Å². The molecule has 1 N–H and O–H groups in total. The first-order chi connectivity index (χ1) is 17.5. The summed E-state index contributed by atoms with van der Waals surface area (Å²) in [5.41, 5.74) is 1.20. The average Bonchev–Trinajstić information content (AvgIpc) is 3.26. The Morgan fingerprint density at radius 2 is 1.81 bits per heavy atom. The van der Waals surface area contributed by atoms with Gasteiger partial charge < -0.3 is 14.0 Å². The van der Waals surface area contributed by atoms with Crippen LogP contribution in [0.4, 0.5) is 0 Å². The molecule has 3 aromatic rings. The number of carbonyl (C=O) groups is 1. The van der Waals surface area contributed by atoms with E-state index in [9.17, 15) is 13.2 Å². The van der Waals surface area contributed by atoms with Gasteiger partial charge in [-0.25, -0.2) is 13.4 Å². The molecule has 198 valence electrons. The van der Waals surface area contributed by atoms with Crippen LogP contribution in [0.2, 0.25) is 0 Å². The fourth-order valence-corrected chi connectivity index (χ4v) is 4.69. The number of hydrogen-bond acceptors (Lipinski definition) is 6. The van der Waals surface area contributed by atoms with E-state index in [2.05, 4.69) is 9.71 Å². The van der Waals surface area contributed by atoms with Crippen LogP contribution in [-0.2, 0) is 33.0 Å². The monoisotopic (exact) mass is 525 g/mol. The Morgan fingerprint density at radius 1 is 1.11 bits per heavy atom. The summed E-state index contributed by atoms with van der Waals surface area (Å²) >= 11 is 0. The van der Waals surface area contributed by atoms with Crippen molar-refractivity contribution in [1.29, 1.82) is 0 Å². The Labute approximate surface area is 219 Å². The average molecular weight is 526 g/mol. The van der Waals surface area contributed by atoms with Gasteiger partial charge in [0.25, 0.3) is 0 Å². The van der Waals surface area contributed by atoms with E-state index < -0.39 is 27.6 Å². The highest BCUT2D eigenvalue weighted by Gasteiger charge is 2.29. The molecule has 0 spiro atoms. The van der Waals surface area contributed by atoms with E-state index in [0.717, 1.165) is 29.8 Å². The number of ether oxygens (including phenoxy) is 2. The number of carbonyl (C=O) groups excluding carboxylic acids is 1. The van der Waals surface area contributed by atoms with Gasteiger partial charge in [-0.2, -0.15) is 4.72 Å². The molecule has 9 heteroatoms. The molecule has 0 aliphatic rings. The second-order valence-corrected chi connectivity index (χ2v) is 11.4. The molecule has 0 aliphatic carbocycles. The van der Waals surface area contributed by atoms with Crippen molar-refractivity contribution >= 4 is 22.1 Å². The Kier molecular flexibility index (Phi) is 9.66. The van der Waals surface area contributed by atoms with Crippen LogP contribution < -0.4 is 9.46 Å². The van der Waals surface area contributed by atoms with Gasteiger partial charge in [0.1, 0.15) is 17.4 Å². The van der Waals surface area contributed by atoms with Crippen LogP contribution in [0.3, 0.4) is 0 Å². The van der Waals surface area contributed by atoms with E-state index in [1.807, 2.05) is 48.2 Å². The first kappa shape index (κ1) is 28.1. The predicted molar refractivity (Wildman–Crippen MR) is 144 cm³/mol. The molecule has 0 unspecified atom stereocenters. The lowest BCUT2D eigenvalue weighted by molar-refractivity contribution is -0.156. The van der Waals surface area contributed by atoms with Crippen LogP contribution >= 0.6 is 0 Å². The van der Waals surface area contributed by atoms with Crippen molar-refractivity contribution in [2.24, 2.45) is 7.05 Å². The lowest BCUT2D eigenvalue weighted by Gasteiger charge is -2.24. The Hall–Kier alpha value is -3.43. The van der Waals surface area contributed by atoms with Crippen LogP contribution in [0.1, 0.15) is 44.9 Å². The standard InChI is InChI=1S/C28H35N3O5S/c1-28(2,3)36-27(32)26(30-37(33,34)25-12-6-5-7-13-25)14-8-10-22-15-17-24(18-16-22)35-19-9-11-23-20-31(4)21-29-23/h5-8,10,12-13,15-18,20-21,26,30H,9,11,14,19H2,1-4H3/t26-/m0/s1. The SMILES string of the molecule is Cn1cnc(CCCOc2ccc(C=CC[C@H](NS(=O)(=O)c3ccccc3)C(=O)OC(C)(C)C)cc2)c1. The number of nitrogens with zero attached hydrogens (tertiary/aromatic N) is 2. The summed E-state index contributed by atoms with van der Waals surface area (Å²) in [4.78, 5) is 17.2. The quantitative estimate of drug-likeness (QED) is 0.276. The number of esters is 1. The minimum Gasteiger partial charge on any atom is -0.494 e. The molecule has 1 aromatic heterocycles. The molecule has 1 heterocycles. The fraction of sp³-hybridized carbons (Fsp3) is 0.357. The molecular formula is C28H35N3O5S. The normalized spacial score (nSPS) is 13.0. The van der Waals surface area contributed by atoms with Crippen molar-refractivity contribution in [1.82, 2.24) is 14.3 Å². The first-order valence-corrected chi connectivity index (χ1v) is 13.7. The number of imidazole rings is 1. The van der Waals surface area contributed by atoms with Crippen LogP contribution in [0, 0.1) is 0 Å². The topological polar surface area (TPSA) is 99.5 Å². The largest absolute Gasteiger partial charge is 0.494 e. The van der Waals surface area contributed by atoms with Gasteiger partial charge >= 0.3 is 5.97 Å². The van der Waals surface area contributed by atoms with Crippen molar-refractivity contribution in [3.05, 3.63) is 84.5 Å². The molecule has 0 saturated carbocycles. The molecule has 0 radical (unpaired) electrons. The van der Waals surface area contributed by atoms with Gasteiger partial charge in [0.15, 0.2) is 0 Å². The molecular weight excluding hydrogens is 490 g/mol. The van der Waals surface area contributed by atoms with Gasteiger partial charge in [0.2, 0.25) is 10.0 Å². The van der Waals surface area contributed by atoms with Crippen LogP contribution in [-0.4, -0.2) is 42.2 Å². The molecule has 0 amide bonds. The Bertz CT molecular complexity index is 1280. The van der Waals surface area contributed by atoms with E-state index in [1.165, 1.54) is 12.1 Å². The number of aryl methyl sites for hydroxylation is 2. The zero-order valence-electron chi connectivity index (χ0n) is 21.8. The van der Waals surface area contributed by atoms with Crippen molar-refractivity contribution in [3.63, 3.8) is 0 Å². The summed E-state index contributed by atoms with van der Waals surface area (Å²) in [5, 5.41) is 0. The summed E-state index contributed by atoms with van der Waals surface area (Å²) in [6, 6.07) is 14.4. The second kappa shape index (κ2) is 12.7. The highest BCUT2D eigenvalue weighted by atomic mass is 32.2. The van der Waals surface area contributed by atoms with Gasteiger partial charge in [-0.3, -0.25) is 4.79 Å². The number of nitrogens with one attached hydrogen (secondary N) is 1. The van der Waals surface area contributed by atoms with Gasteiger partial charge in [-0.05, 0) is 69.9 Å². The molecule has 0 saturated heterocycles. The van der Waals surface area contributed by atoms with Gasteiger partial charge in [-0.1, -0.05) is 42.5 Å². The number of sulfonamides is 1. The third-order valence-electron chi connectivity index (χ3n) is 5.21. The van der Waals surface area contributed by atoms with E-state index in [4.69, 9.17) is 9.47 Å². The second-order valence-electron chi connectivity index (χ2n) is 9.71. The lowest BCUT2D eigenvalue weighted by atomic mass is 10.1. The molecule has 0 aliphatic heterocycles. The molecule has 8 nitrogen and oxygen atoms in total. The zero-order chi connectivity index (χ0) is 26.9. The maximum absolute atomic E-state index is 12.8. The first-order valence-electron chi connectivity index (χ1n) is 12.2. The maximum Gasteiger partial charge on any atom is 0.325 e. The molecule has 37 heavy (non-hydrogen) atoms.